The fourth-order valence-corrected chi connectivity index (χ4v) is 2.40. The van der Waals surface area contributed by atoms with Crippen LogP contribution in [0, 0.1) is 6.92 Å². The second-order valence-electron chi connectivity index (χ2n) is 5.65. The summed E-state index contributed by atoms with van der Waals surface area (Å²) < 4.78 is 0. The molecule has 0 aliphatic rings. The fourth-order valence-electron chi connectivity index (χ4n) is 2.40. The van der Waals surface area contributed by atoms with E-state index in [-0.39, 0.29) is 6.03 Å². The summed E-state index contributed by atoms with van der Waals surface area (Å²) in [5, 5.41) is 3.01. The number of hydrogen-bond acceptors (Lipinski definition) is 2. The third-order valence-electron chi connectivity index (χ3n) is 3.90. The maximum absolute atomic E-state index is 12.2. The van der Waals surface area contributed by atoms with Crippen molar-refractivity contribution < 1.29 is 4.79 Å². The van der Waals surface area contributed by atoms with Gasteiger partial charge in [-0.25, -0.2) is 4.79 Å². The van der Waals surface area contributed by atoms with Gasteiger partial charge in [-0.3, -0.25) is 4.98 Å². The zero-order valence-corrected chi connectivity index (χ0v) is 14.0. The van der Waals surface area contributed by atoms with Crippen molar-refractivity contribution in [1.82, 2.24) is 15.2 Å². The van der Waals surface area contributed by atoms with Crippen molar-refractivity contribution in [3.63, 3.8) is 0 Å². The fraction of sp³-hybridized carbons (Fsp3) is 0.368. The van der Waals surface area contributed by atoms with Crippen LogP contribution in [-0.4, -0.2) is 35.5 Å². The van der Waals surface area contributed by atoms with Crippen molar-refractivity contribution >= 4 is 6.03 Å². The first-order valence-electron chi connectivity index (χ1n) is 8.16. The lowest BCUT2D eigenvalue weighted by Gasteiger charge is -2.21. The third kappa shape index (κ3) is 5.74. The first-order valence-corrected chi connectivity index (χ1v) is 8.16. The molecule has 0 aliphatic carbocycles. The lowest BCUT2D eigenvalue weighted by atomic mass is 10.1. The third-order valence-corrected chi connectivity index (χ3v) is 3.90. The molecular weight excluding hydrogens is 286 g/mol. The van der Waals surface area contributed by atoms with Gasteiger partial charge in [-0.1, -0.05) is 29.8 Å². The van der Waals surface area contributed by atoms with Gasteiger partial charge in [0.1, 0.15) is 0 Å². The molecule has 2 rings (SSSR count). The van der Waals surface area contributed by atoms with Crippen LogP contribution < -0.4 is 5.32 Å². The lowest BCUT2D eigenvalue weighted by molar-refractivity contribution is 0.201. The molecule has 4 heteroatoms. The average molecular weight is 311 g/mol. The van der Waals surface area contributed by atoms with E-state index in [1.165, 1.54) is 16.7 Å². The molecular formula is C19H25N3O. The molecule has 122 valence electrons. The van der Waals surface area contributed by atoms with E-state index in [0.717, 1.165) is 19.4 Å². The largest absolute Gasteiger partial charge is 0.338 e. The number of carbonyl (C=O) groups excluding carboxylic acids is 1. The van der Waals surface area contributed by atoms with E-state index in [1.54, 1.807) is 12.4 Å². The SMILES string of the molecule is CCN(CCc1ccncc1)C(=O)NCCc1ccc(C)cc1. The Morgan fingerprint density at radius 2 is 1.70 bits per heavy atom. The summed E-state index contributed by atoms with van der Waals surface area (Å²) in [6, 6.07) is 12.4. The van der Waals surface area contributed by atoms with Gasteiger partial charge in [0.25, 0.3) is 0 Å². The van der Waals surface area contributed by atoms with Gasteiger partial charge in [0.2, 0.25) is 0 Å². The standard InChI is InChI=1S/C19H25N3O/c1-3-22(15-11-18-8-12-20-13-9-18)19(23)21-14-10-17-6-4-16(2)5-7-17/h4-9,12-13H,3,10-11,14-15H2,1-2H3,(H,21,23). The number of urea groups is 1. The van der Waals surface area contributed by atoms with Gasteiger partial charge < -0.3 is 10.2 Å². The summed E-state index contributed by atoms with van der Waals surface area (Å²) in [5.74, 6) is 0. The van der Waals surface area contributed by atoms with E-state index < -0.39 is 0 Å². The summed E-state index contributed by atoms with van der Waals surface area (Å²) >= 11 is 0. The molecule has 0 fully saturated rings. The van der Waals surface area contributed by atoms with Crippen LogP contribution in [0.5, 0.6) is 0 Å². The maximum atomic E-state index is 12.2. The Kier molecular flexibility index (Phi) is 6.60. The van der Waals surface area contributed by atoms with E-state index in [9.17, 15) is 4.79 Å². The molecule has 0 aliphatic heterocycles. The van der Waals surface area contributed by atoms with Gasteiger partial charge in [-0.15, -0.1) is 0 Å². The van der Waals surface area contributed by atoms with Gasteiger partial charge in [0.05, 0.1) is 0 Å². The molecule has 0 spiro atoms. The number of aryl methyl sites for hydroxylation is 1. The highest BCUT2D eigenvalue weighted by Crippen LogP contribution is 2.04. The predicted molar refractivity (Wildman–Crippen MR) is 93.5 cm³/mol. The smallest absolute Gasteiger partial charge is 0.317 e. The average Bonchev–Trinajstić information content (AvgIpc) is 2.58. The molecule has 1 aromatic carbocycles. The van der Waals surface area contributed by atoms with Gasteiger partial charge in [0.15, 0.2) is 0 Å². The molecule has 23 heavy (non-hydrogen) atoms. The number of pyridine rings is 1. The number of benzene rings is 1. The Bertz CT molecular complexity index is 596. The van der Waals surface area contributed by atoms with E-state index >= 15 is 0 Å². The second kappa shape index (κ2) is 8.93. The van der Waals surface area contributed by atoms with Crippen molar-refractivity contribution in [1.29, 1.82) is 0 Å². The minimum Gasteiger partial charge on any atom is -0.338 e. The zero-order valence-electron chi connectivity index (χ0n) is 14.0. The molecule has 2 amide bonds. The van der Waals surface area contributed by atoms with Crippen LogP contribution in [-0.2, 0) is 12.8 Å². The van der Waals surface area contributed by atoms with E-state index in [4.69, 9.17) is 0 Å². The Morgan fingerprint density at radius 3 is 2.35 bits per heavy atom. The van der Waals surface area contributed by atoms with Crippen molar-refractivity contribution in [3.05, 3.63) is 65.5 Å². The molecule has 0 unspecified atom stereocenters. The van der Waals surface area contributed by atoms with Crippen molar-refractivity contribution in [2.45, 2.75) is 26.7 Å². The van der Waals surface area contributed by atoms with Crippen LogP contribution >= 0.6 is 0 Å². The quantitative estimate of drug-likeness (QED) is 0.853. The highest BCUT2D eigenvalue weighted by Gasteiger charge is 2.10. The summed E-state index contributed by atoms with van der Waals surface area (Å²) in [6.07, 6.45) is 5.27. The van der Waals surface area contributed by atoms with Crippen molar-refractivity contribution in [3.8, 4) is 0 Å². The molecule has 0 radical (unpaired) electrons. The number of likely N-dealkylation sites (N-methyl/N-ethyl adjacent to an activating group) is 1. The number of aromatic nitrogens is 1. The molecule has 4 nitrogen and oxygen atoms in total. The molecule has 1 heterocycles. The number of carbonyl (C=O) groups is 1. The van der Waals surface area contributed by atoms with Crippen LogP contribution in [0.1, 0.15) is 23.6 Å². The number of hydrogen-bond donors (Lipinski definition) is 1. The second-order valence-corrected chi connectivity index (χ2v) is 5.65. The maximum Gasteiger partial charge on any atom is 0.317 e. The van der Waals surface area contributed by atoms with Crippen LogP contribution in [0.25, 0.3) is 0 Å². The van der Waals surface area contributed by atoms with Crippen LogP contribution in [0.3, 0.4) is 0 Å². The monoisotopic (exact) mass is 311 g/mol. The molecule has 0 atom stereocenters. The molecule has 2 aromatic rings. The van der Waals surface area contributed by atoms with E-state index in [1.807, 2.05) is 24.0 Å². The first kappa shape index (κ1) is 17.0. The summed E-state index contributed by atoms with van der Waals surface area (Å²) in [6.45, 7) is 6.17. The normalized spacial score (nSPS) is 10.3. The predicted octanol–water partition coefficient (Wildman–Crippen LogP) is 3.21. The Labute approximate surface area is 138 Å². The number of nitrogens with one attached hydrogen (secondary N) is 1. The number of rotatable bonds is 7. The topological polar surface area (TPSA) is 45.2 Å². The molecule has 1 aromatic heterocycles. The summed E-state index contributed by atoms with van der Waals surface area (Å²) in [7, 11) is 0. The van der Waals surface area contributed by atoms with E-state index in [2.05, 4.69) is 41.5 Å². The van der Waals surface area contributed by atoms with Crippen LogP contribution in [0.15, 0.2) is 48.8 Å². The molecule has 0 saturated heterocycles. The van der Waals surface area contributed by atoms with Crippen molar-refractivity contribution in [2.75, 3.05) is 19.6 Å². The molecule has 0 bridgehead atoms. The number of nitrogens with zero attached hydrogens (tertiary/aromatic N) is 2. The van der Waals surface area contributed by atoms with Gasteiger partial charge in [-0.05, 0) is 49.9 Å². The molecule has 0 saturated carbocycles. The first-order chi connectivity index (χ1) is 11.2. The highest BCUT2D eigenvalue weighted by atomic mass is 16.2. The Hall–Kier alpha value is -2.36. The van der Waals surface area contributed by atoms with Gasteiger partial charge >= 0.3 is 6.03 Å². The minimum absolute atomic E-state index is 0.00803. The van der Waals surface area contributed by atoms with Crippen LogP contribution in [0.2, 0.25) is 0 Å². The lowest BCUT2D eigenvalue weighted by Crippen LogP contribution is -2.41. The van der Waals surface area contributed by atoms with Crippen LogP contribution in [0.4, 0.5) is 4.79 Å². The minimum atomic E-state index is 0.00803. The van der Waals surface area contributed by atoms with Crippen molar-refractivity contribution in [2.24, 2.45) is 0 Å². The van der Waals surface area contributed by atoms with Gasteiger partial charge in [-0.2, -0.15) is 0 Å². The zero-order chi connectivity index (χ0) is 16.5. The van der Waals surface area contributed by atoms with E-state index in [0.29, 0.717) is 13.1 Å². The summed E-state index contributed by atoms with van der Waals surface area (Å²) in [4.78, 5) is 18.1. The Balaban J connectivity index is 1.75. The number of amides is 2. The molecule has 1 N–H and O–H groups in total. The highest BCUT2D eigenvalue weighted by molar-refractivity contribution is 5.74. The van der Waals surface area contributed by atoms with Gasteiger partial charge in [0, 0.05) is 32.0 Å². The Morgan fingerprint density at radius 1 is 1.04 bits per heavy atom. The summed E-state index contributed by atoms with van der Waals surface area (Å²) in [5.41, 5.74) is 3.70.